The molecule has 0 radical (unpaired) electrons. The Labute approximate surface area is 162 Å². The fourth-order valence-electron chi connectivity index (χ4n) is 4.00. The molecule has 0 N–H and O–H groups in total. The highest BCUT2D eigenvalue weighted by Gasteiger charge is 2.27. The number of likely N-dealkylation sites (tertiary alicyclic amines) is 1. The number of piperidine rings is 1. The molecule has 2 fully saturated rings. The number of benzene rings is 1. The van der Waals surface area contributed by atoms with Gasteiger partial charge in [-0.2, -0.15) is 0 Å². The molecule has 27 heavy (non-hydrogen) atoms. The van der Waals surface area contributed by atoms with E-state index >= 15 is 0 Å². The molecule has 2 amide bonds. The molecule has 6 heteroatoms. The summed E-state index contributed by atoms with van der Waals surface area (Å²) in [6.07, 6.45) is 3.44. The van der Waals surface area contributed by atoms with Crippen molar-refractivity contribution in [3.05, 3.63) is 35.4 Å². The van der Waals surface area contributed by atoms with Crippen molar-refractivity contribution < 1.29 is 14.3 Å². The highest BCUT2D eigenvalue weighted by molar-refractivity contribution is 5.94. The van der Waals surface area contributed by atoms with Crippen molar-refractivity contribution in [3.8, 4) is 0 Å². The second-order valence-electron chi connectivity index (χ2n) is 7.63. The first-order valence-electron chi connectivity index (χ1n) is 9.97. The van der Waals surface area contributed by atoms with Gasteiger partial charge in [-0.1, -0.05) is 12.1 Å². The van der Waals surface area contributed by atoms with E-state index in [1.54, 1.807) is 7.11 Å². The lowest BCUT2D eigenvalue weighted by atomic mass is 10.0. The Morgan fingerprint density at radius 2 is 1.89 bits per heavy atom. The summed E-state index contributed by atoms with van der Waals surface area (Å²) in [7, 11) is 1.65. The van der Waals surface area contributed by atoms with E-state index in [0.29, 0.717) is 37.8 Å². The van der Waals surface area contributed by atoms with Crippen LogP contribution in [0.5, 0.6) is 0 Å². The Morgan fingerprint density at radius 3 is 2.59 bits per heavy atom. The van der Waals surface area contributed by atoms with Crippen LogP contribution in [-0.2, 0) is 16.1 Å². The third-order valence-corrected chi connectivity index (χ3v) is 5.63. The summed E-state index contributed by atoms with van der Waals surface area (Å²) >= 11 is 0. The summed E-state index contributed by atoms with van der Waals surface area (Å²) in [6, 6.07) is 7.98. The van der Waals surface area contributed by atoms with E-state index in [4.69, 9.17) is 4.74 Å². The van der Waals surface area contributed by atoms with E-state index in [-0.39, 0.29) is 11.8 Å². The van der Waals surface area contributed by atoms with Crippen LogP contribution in [0.2, 0.25) is 0 Å². The molecule has 2 aliphatic rings. The van der Waals surface area contributed by atoms with Gasteiger partial charge in [0.1, 0.15) is 0 Å². The first-order valence-corrected chi connectivity index (χ1v) is 9.97. The summed E-state index contributed by atoms with van der Waals surface area (Å²) in [5, 5.41) is 0. The molecule has 0 aromatic heterocycles. The predicted octanol–water partition coefficient (Wildman–Crippen LogP) is 1.99. The van der Waals surface area contributed by atoms with Crippen LogP contribution < -0.4 is 0 Å². The fraction of sp³-hybridized carbons (Fsp3) is 0.619. The average Bonchev–Trinajstić information content (AvgIpc) is 2.69. The van der Waals surface area contributed by atoms with Gasteiger partial charge in [-0.25, -0.2) is 0 Å². The normalized spacial score (nSPS) is 21.3. The van der Waals surface area contributed by atoms with Crippen LogP contribution in [-0.4, -0.2) is 78.9 Å². The molecule has 0 saturated carbocycles. The van der Waals surface area contributed by atoms with Gasteiger partial charge >= 0.3 is 0 Å². The van der Waals surface area contributed by atoms with Crippen LogP contribution in [0.4, 0.5) is 0 Å². The summed E-state index contributed by atoms with van der Waals surface area (Å²) in [6.45, 7) is 6.82. The van der Waals surface area contributed by atoms with Gasteiger partial charge < -0.3 is 14.5 Å². The number of nitrogens with zero attached hydrogens (tertiary/aromatic N) is 3. The van der Waals surface area contributed by atoms with Crippen molar-refractivity contribution in [1.82, 2.24) is 14.7 Å². The number of piperazine rings is 1. The van der Waals surface area contributed by atoms with Crippen LogP contribution in [0.3, 0.4) is 0 Å². The molecule has 148 valence electrons. The highest BCUT2D eigenvalue weighted by atomic mass is 16.5. The number of rotatable bonds is 5. The number of hydrogen-bond donors (Lipinski definition) is 0. The molecule has 2 heterocycles. The third kappa shape index (κ3) is 5.08. The standard InChI is InChI=1S/C21H31N3O3/c1-17-6-3-4-9-24(17)20(25)15-22-10-12-23(13-11-22)21(26)19-8-5-7-18(14-19)16-27-2/h5,7-8,14,17H,3-4,6,9-13,15-16H2,1-2H3. The molecule has 2 saturated heterocycles. The van der Waals surface area contributed by atoms with E-state index in [9.17, 15) is 9.59 Å². The SMILES string of the molecule is COCc1cccc(C(=O)N2CCN(CC(=O)N3CCCCC3C)CC2)c1. The zero-order valence-corrected chi connectivity index (χ0v) is 16.5. The molecule has 0 aliphatic carbocycles. The summed E-state index contributed by atoms with van der Waals surface area (Å²) < 4.78 is 5.15. The maximum Gasteiger partial charge on any atom is 0.253 e. The van der Waals surface area contributed by atoms with E-state index in [1.165, 1.54) is 6.42 Å². The van der Waals surface area contributed by atoms with E-state index < -0.39 is 0 Å². The van der Waals surface area contributed by atoms with Crippen molar-refractivity contribution in [2.45, 2.75) is 38.8 Å². The van der Waals surface area contributed by atoms with E-state index in [1.807, 2.05) is 34.1 Å². The Kier molecular flexibility index (Phi) is 6.85. The van der Waals surface area contributed by atoms with Gasteiger partial charge in [0.25, 0.3) is 5.91 Å². The largest absolute Gasteiger partial charge is 0.380 e. The van der Waals surface area contributed by atoms with Gasteiger partial charge in [-0.15, -0.1) is 0 Å². The number of carbonyl (C=O) groups excluding carboxylic acids is 2. The minimum atomic E-state index is 0.0589. The first-order chi connectivity index (χ1) is 13.1. The third-order valence-electron chi connectivity index (χ3n) is 5.63. The lowest BCUT2D eigenvalue weighted by Crippen LogP contribution is -2.53. The maximum atomic E-state index is 12.8. The molecule has 6 nitrogen and oxygen atoms in total. The zero-order valence-electron chi connectivity index (χ0n) is 16.5. The van der Waals surface area contributed by atoms with Crippen LogP contribution in [0.25, 0.3) is 0 Å². The van der Waals surface area contributed by atoms with Crippen LogP contribution in [0.15, 0.2) is 24.3 Å². The molecule has 1 unspecified atom stereocenters. The van der Waals surface area contributed by atoms with Gasteiger partial charge in [-0.05, 0) is 43.9 Å². The average molecular weight is 373 g/mol. The predicted molar refractivity (Wildman–Crippen MR) is 105 cm³/mol. The minimum Gasteiger partial charge on any atom is -0.380 e. The van der Waals surface area contributed by atoms with E-state index in [0.717, 1.165) is 38.0 Å². The van der Waals surface area contributed by atoms with Crippen molar-refractivity contribution in [2.75, 3.05) is 46.4 Å². The van der Waals surface area contributed by atoms with Crippen molar-refractivity contribution >= 4 is 11.8 Å². The maximum absolute atomic E-state index is 12.8. The fourth-order valence-corrected chi connectivity index (χ4v) is 4.00. The number of hydrogen-bond acceptors (Lipinski definition) is 4. The van der Waals surface area contributed by atoms with Gasteiger partial charge in [0, 0.05) is 51.4 Å². The molecule has 3 rings (SSSR count). The molecule has 1 aromatic carbocycles. The van der Waals surface area contributed by atoms with Crippen LogP contribution >= 0.6 is 0 Å². The van der Waals surface area contributed by atoms with Crippen molar-refractivity contribution in [2.24, 2.45) is 0 Å². The summed E-state index contributed by atoms with van der Waals surface area (Å²) in [5.41, 5.74) is 1.71. The summed E-state index contributed by atoms with van der Waals surface area (Å²) in [5.74, 6) is 0.290. The number of ether oxygens (including phenoxy) is 1. The second kappa shape index (κ2) is 9.33. The first kappa shape index (κ1) is 19.8. The molecule has 0 bridgehead atoms. The minimum absolute atomic E-state index is 0.0589. The Bertz CT molecular complexity index is 656. The molecular formula is C21H31N3O3. The molecule has 2 aliphatic heterocycles. The number of carbonyl (C=O) groups is 2. The smallest absolute Gasteiger partial charge is 0.253 e. The number of amides is 2. The number of methoxy groups -OCH3 is 1. The zero-order chi connectivity index (χ0) is 19.2. The topological polar surface area (TPSA) is 53.1 Å². The second-order valence-corrected chi connectivity index (χ2v) is 7.63. The summed E-state index contributed by atoms with van der Waals surface area (Å²) in [4.78, 5) is 31.5. The van der Waals surface area contributed by atoms with Gasteiger partial charge in [0.2, 0.25) is 5.91 Å². The lowest BCUT2D eigenvalue weighted by molar-refractivity contribution is -0.136. The molecule has 1 aromatic rings. The Hall–Kier alpha value is -1.92. The van der Waals surface area contributed by atoms with E-state index in [2.05, 4.69) is 11.8 Å². The van der Waals surface area contributed by atoms with Gasteiger partial charge in [0.05, 0.1) is 13.2 Å². The molecule has 1 atom stereocenters. The van der Waals surface area contributed by atoms with Crippen molar-refractivity contribution in [3.63, 3.8) is 0 Å². The monoisotopic (exact) mass is 373 g/mol. The Balaban J connectivity index is 1.50. The highest BCUT2D eigenvalue weighted by Crippen LogP contribution is 2.17. The van der Waals surface area contributed by atoms with Gasteiger partial charge in [0.15, 0.2) is 0 Å². The lowest BCUT2D eigenvalue weighted by Gasteiger charge is -2.38. The van der Waals surface area contributed by atoms with Crippen LogP contribution in [0, 0.1) is 0 Å². The molecule has 0 spiro atoms. The van der Waals surface area contributed by atoms with Crippen LogP contribution in [0.1, 0.15) is 42.1 Å². The molecular weight excluding hydrogens is 342 g/mol. The quantitative estimate of drug-likeness (QED) is 0.792. The Morgan fingerprint density at radius 1 is 1.11 bits per heavy atom. The van der Waals surface area contributed by atoms with Crippen molar-refractivity contribution in [1.29, 1.82) is 0 Å². The van der Waals surface area contributed by atoms with Gasteiger partial charge in [-0.3, -0.25) is 14.5 Å².